The summed E-state index contributed by atoms with van der Waals surface area (Å²) in [6, 6.07) is 23.5. The van der Waals surface area contributed by atoms with Crippen LogP contribution in [0.25, 0.3) is 11.1 Å². The molecule has 146 valence electrons. The predicted octanol–water partition coefficient (Wildman–Crippen LogP) is 5.71. The largest absolute Gasteiger partial charge is 0.294 e. The van der Waals surface area contributed by atoms with E-state index in [2.05, 4.69) is 63.5 Å². The maximum absolute atomic E-state index is 6.10. The van der Waals surface area contributed by atoms with E-state index in [1.807, 2.05) is 18.3 Å². The molecule has 1 fully saturated rings. The van der Waals surface area contributed by atoms with Crippen molar-refractivity contribution in [1.82, 2.24) is 9.91 Å². The van der Waals surface area contributed by atoms with Gasteiger partial charge in [-0.05, 0) is 39.9 Å². The van der Waals surface area contributed by atoms with Gasteiger partial charge in [-0.25, -0.2) is 0 Å². The smallest absolute Gasteiger partial charge is 0.0615 e. The van der Waals surface area contributed by atoms with Crippen molar-refractivity contribution < 1.29 is 0 Å². The quantitative estimate of drug-likeness (QED) is 0.503. The van der Waals surface area contributed by atoms with Gasteiger partial charge in [0.15, 0.2) is 0 Å². The maximum Gasteiger partial charge on any atom is 0.0615 e. The zero-order valence-electron chi connectivity index (χ0n) is 15.9. The van der Waals surface area contributed by atoms with E-state index in [4.69, 9.17) is 23.2 Å². The molecule has 3 aromatic carbocycles. The summed E-state index contributed by atoms with van der Waals surface area (Å²) < 4.78 is 0. The number of benzene rings is 3. The lowest BCUT2D eigenvalue weighted by atomic mass is 10.0. The highest BCUT2D eigenvalue weighted by Gasteiger charge is 2.33. The fourth-order valence-corrected chi connectivity index (χ4v) is 4.65. The fraction of sp³-hybridized carbons (Fsp3) is 0.208. The molecule has 0 unspecified atom stereocenters. The number of hydrazone groups is 1. The van der Waals surface area contributed by atoms with Crippen molar-refractivity contribution in [3.63, 3.8) is 0 Å². The number of hydrogen-bond donors (Lipinski definition) is 0. The van der Waals surface area contributed by atoms with Gasteiger partial charge in [-0.3, -0.25) is 9.91 Å². The van der Waals surface area contributed by atoms with Gasteiger partial charge in [-0.1, -0.05) is 77.8 Å². The van der Waals surface area contributed by atoms with Crippen LogP contribution in [0.2, 0.25) is 10.0 Å². The summed E-state index contributed by atoms with van der Waals surface area (Å²) in [5, 5.41) is 7.90. The monoisotopic (exact) mass is 421 g/mol. The maximum atomic E-state index is 6.10. The second kappa shape index (κ2) is 7.83. The third-order valence-electron chi connectivity index (χ3n) is 5.77. The Morgan fingerprint density at radius 1 is 0.759 bits per heavy atom. The van der Waals surface area contributed by atoms with E-state index < -0.39 is 0 Å². The summed E-state index contributed by atoms with van der Waals surface area (Å²) in [6.45, 7) is 3.76. The molecule has 0 radical (unpaired) electrons. The molecule has 0 aromatic heterocycles. The molecule has 1 heterocycles. The van der Waals surface area contributed by atoms with E-state index in [0.29, 0.717) is 16.1 Å². The van der Waals surface area contributed by atoms with Crippen LogP contribution < -0.4 is 0 Å². The Hall–Kier alpha value is -2.33. The summed E-state index contributed by atoms with van der Waals surface area (Å²) in [6.07, 6.45) is 1.86. The Bertz CT molecular complexity index is 1030. The molecular formula is C24H21Cl2N3. The summed E-state index contributed by atoms with van der Waals surface area (Å²) >= 11 is 12.1. The third-order valence-corrected chi connectivity index (χ3v) is 6.51. The van der Waals surface area contributed by atoms with Gasteiger partial charge in [-0.2, -0.15) is 5.10 Å². The fourth-order valence-electron chi connectivity index (χ4n) is 4.35. The molecule has 1 saturated heterocycles. The number of fused-ring (bicyclic) bond motifs is 3. The molecule has 3 nitrogen and oxygen atoms in total. The van der Waals surface area contributed by atoms with Crippen LogP contribution in [-0.4, -0.2) is 42.3 Å². The Kier molecular flexibility index (Phi) is 5.04. The van der Waals surface area contributed by atoms with E-state index in [1.165, 1.54) is 22.3 Å². The van der Waals surface area contributed by atoms with Gasteiger partial charge >= 0.3 is 0 Å². The first-order valence-electron chi connectivity index (χ1n) is 9.87. The van der Waals surface area contributed by atoms with Crippen molar-refractivity contribution in [1.29, 1.82) is 0 Å². The Balaban J connectivity index is 1.31. The first-order valence-corrected chi connectivity index (χ1v) is 10.6. The van der Waals surface area contributed by atoms with Crippen molar-refractivity contribution in [2.75, 3.05) is 26.2 Å². The van der Waals surface area contributed by atoms with Gasteiger partial charge in [0.05, 0.1) is 22.3 Å². The molecule has 0 saturated carbocycles. The SMILES string of the molecule is Clc1ccc(/C=N/N2CCN(C3c4ccccc4-c4ccccc43)CC2)cc1Cl. The number of hydrogen-bond acceptors (Lipinski definition) is 3. The molecule has 29 heavy (non-hydrogen) atoms. The third kappa shape index (κ3) is 3.55. The molecule has 0 spiro atoms. The topological polar surface area (TPSA) is 18.8 Å². The number of halogens is 2. The minimum Gasteiger partial charge on any atom is -0.294 e. The highest BCUT2D eigenvalue weighted by molar-refractivity contribution is 6.42. The van der Waals surface area contributed by atoms with Gasteiger partial charge in [0.1, 0.15) is 0 Å². The summed E-state index contributed by atoms with van der Waals surface area (Å²) in [5.41, 5.74) is 6.53. The predicted molar refractivity (Wildman–Crippen MR) is 121 cm³/mol. The zero-order chi connectivity index (χ0) is 19.8. The highest BCUT2D eigenvalue weighted by atomic mass is 35.5. The van der Waals surface area contributed by atoms with E-state index in [0.717, 1.165) is 31.7 Å². The average molecular weight is 422 g/mol. The second-order valence-corrected chi connectivity index (χ2v) is 8.30. The highest BCUT2D eigenvalue weighted by Crippen LogP contribution is 2.46. The minimum absolute atomic E-state index is 0.337. The zero-order valence-corrected chi connectivity index (χ0v) is 17.4. The molecule has 5 rings (SSSR count). The minimum atomic E-state index is 0.337. The molecule has 3 aromatic rings. The van der Waals surface area contributed by atoms with E-state index in [-0.39, 0.29) is 0 Å². The Morgan fingerprint density at radius 3 is 2.00 bits per heavy atom. The number of piperazine rings is 1. The standard InChI is InChI=1S/C24H21Cl2N3/c25-22-10-9-17(15-23(22)26)16-27-29-13-11-28(12-14-29)24-20-7-3-1-5-18(20)19-6-2-4-8-21(19)24/h1-10,15-16,24H,11-14H2/b27-16+. The Morgan fingerprint density at radius 2 is 1.38 bits per heavy atom. The molecule has 5 heteroatoms. The Labute approximate surface area is 181 Å². The average Bonchev–Trinajstić information content (AvgIpc) is 3.10. The number of nitrogens with zero attached hydrogens (tertiary/aromatic N) is 3. The molecule has 0 amide bonds. The van der Waals surface area contributed by atoms with Crippen LogP contribution in [0.4, 0.5) is 0 Å². The van der Waals surface area contributed by atoms with Gasteiger partial charge in [0.25, 0.3) is 0 Å². The van der Waals surface area contributed by atoms with Crippen LogP contribution in [0.3, 0.4) is 0 Å². The molecule has 0 bridgehead atoms. The van der Waals surface area contributed by atoms with Crippen LogP contribution in [0.15, 0.2) is 71.8 Å². The lowest BCUT2D eigenvalue weighted by Gasteiger charge is -2.37. The molecule has 0 N–H and O–H groups in total. The first kappa shape index (κ1) is 18.7. The molecule has 0 atom stereocenters. The van der Waals surface area contributed by atoms with Crippen LogP contribution in [-0.2, 0) is 0 Å². The lowest BCUT2D eigenvalue weighted by Crippen LogP contribution is -2.45. The summed E-state index contributed by atoms with van der Waals surface area (Å²) in [4.78, 5) is 2.58. The van der Waals surface area contributed by atoms with Crippen molar-refractivity contribution in [2.24, 2.45) is 5.10 Å². The van der Waals surface area contributed by atoms with Crippen LogP contribution >= 0.6 is 23.2 Å². The molecule has 1 aliphatic heterocycles. The number of rotatable bonds is 3. The van der Waals surface area contributed by atoms with Crippen molar-refractivity contribution in [2.45, 2.75) is 6.04 Å². The van der Waals surface area contributed by atoms with Crippen molar-refractivity contribution >= 4 is 29.4 Å². The van der Waals surface area contributed by atoms with Gasteiger partial charge < -0.3 is 0 Å². The van der Waals surface area contributed by atoms with E-state index in [9.17, 15) is 0 Å². The van der Waals surface area contributed by atoms with Crippen LogP contribution in [0.1, 0.15) is 22.7 Å². The van der Waals surface area contributed by atoms with Crippen LogP contribution in [0.5, 0.6) is 0 Å². The van der Waals surface area contributed by atoms with Gasteiger partial charge in [-0.15, -0.1) is 0 Å². The molecular weight excluding hydrogens is 401 g/mol. The lowest BCUT2D eigenvalue weighted by molar-refractivity contribution is 0.114. The molecule has 2 aliphatic rings. The van der Waals surface area contributed by atoms with Gasteiger partial charge in [0.2, 0.25) is 0 Å². The normalized spacial score (nSPS) is 17.0. The van der Waals surface area contributed by atoms with Crippen molar-refractivity contribution in [3.05, 3.63) is 93.5 Å². The second-order valence-electron chi connectivity index (χ2n) is 7.48. The van der Waals surface area contributed by atoms with Crippen molar-refractivity contribution in [3.8, 4) is 11.1 Å². The first-order chi connectivity index (χ1) is 14.2. The van der Waals surface area contributed by atoms with Gasteiger partial charge in [0, 0.05) is 26.2 Å². The molecule has 1 aliphatic carbocycles. The summed E-state index contributed by atoms with van der Waals surface area (Å²) in [7, 11) is 0. The summed E-state index contributed by atoms with van der Waals surface area (Å²) in [5.74, 6) is 0. The van der Waals surface area contributed by atoms with Crippen LogP contribution in [0, 0.1) is 0 Å². The van der Waals surface area contributed by atoms with E-state index in [1.54, 1.807) is 6.07 Å². The van der Waals surface area contributed by atoms with E-state index >= 15 is 0 Å².